The Balaban J connectivity index is 1.48. The van der Waals surface area contributed by atoms with Crippen LogP contribution >= 0.6 is 0 Å². The third kappa shape index (κ3) is 2.71. The van der Waals surface area contributed by atoms with Crippen LogP contribution in [0.1, 0.15) is 6.92 Å². The topological polar surface area (TPSA) is 79.2 Å². The first-order chi connectivity index (χ1) is 12.2. The van der Waals surface area contributed by atoms with Gasteiger partial charge in [-0.3, -0.25) is 0 Å². The number of fused-ring (bicyclic) bond motifs is 2. The van der Waals surface area contributed by atoms with Crippen LogP contribution in [0, 0.1) is 11.8 Å². The minimum Gasteiger partial charge on any atom is -0.354 e. The lowest BCUT2D eigenvalue weighted by Crippen LogP contribution is -2.40. The Hall–Kier alpha value is -2.64. The lowest BCUT2D eigenvalue weighted by Gasteiger charge is -2.22. The van der Waals surface area contributed by atoms with E-state index in [0.29, 0.717) is 18.4 Å². The number of anilines is 1. The van der Waals surface area contributed by atoms with Crippen molar-refractivity contribution < 1.29 is 4.79 Å². The molecule has 132 valence electrons. The van der Waals surface area contributed by atoms with Crippen LogP contribution in [-0.2, 0) is 6.54 Å². The van der Waals surface area contributed by atoms with E-state index in [-0.39, 0.29) is 6.03 Å². The van der Waals surface area contributed by atoms with E-state index >= 15 is 0 Å². The number of likely N-dealkylation sites (tertiary alicyclic amines) is 1. The molecule has 4 rings (SSSR count). The maximum atomic E-state index is 12.1. The van der Waals surface area contributed by atoms with Gasteiger partial charge in [0.25, 0.3) is 0 Å². The van der Waals surface area contributed by atoms with Crippen LogP contribution in [0.25, 0.3) is 11.2 Å². The largest absolute Gasteiger partial charge is 0.354 e. The van der Waals surface area contributed by atoms with Crippen LogP contribution in [0.3, 0.4) is 0 Å². The number of nitrogens with zero attached hydrogens (tertiary/aromatic N) is 6. The molecule has 2 aliphatic rings. The number of hydrogen-bond acceptors (Lipinski definition) is 5. The van der Waals surface area contributed by atoms with Crippen molar-refractivity contribution in [2.24, 2.45) is 11.8 Å². The standard InChI is InChI=1S/C17H23N7O/c1-3-5-18-17(25)24-8-12-6-23(7-13(12)9-24)16-14-15(19-10-20-16)22(4-2)11-21-14/h3,10-13H,1,4-9H2,2H3,(H,18,25). The van der Waals surface area contributed by atoms with Gasteiger partial charge in [0, 0.05) is 51.1 Å². The predicted octanol–water partition coefficient (Wildman–Crippen LogP) is 1.11. The lowest BCUT2D eigenvalue weighted by molar-refractivity contribution is 0.207. The summed E-state index contributed by atoms with van der Waals surface area (Å²) < 4.78 is 2.03. The average Bonchev–Trinajstić information content (AvgIpc) is 3.31. The molecule has 2 aromatic rings. The second kappa shape index (κ2) is 6.34. The fourth-order valence-electron chi connectivity index (χ4n) is 3.93. The van der Waals surface area contributed by atoms with Crippen molar-refractivity contribution in [3.05, 3.63) is 25.3 Å². The van der Waals surface area contributed by atoms with Gasteiger partial charge in [-0.2, -0.15) is 0 Å². The summed E-state index contributed by atoms with van der Waals surface area (Å²) in [6, 6.07) is 0.00645. The molecule has 8 nitrogen and oxygen atoms in total. The number of rotatable bonds is 4. The molecule has 8 heteroatoms. The molecule has 2 saturated heterocycles. The third-order valence-electron chi connectivity index (χ3n) is 5.19. The maximum Gasteiger partial charge on any atom is 0.317 e. The summed E-state index contributed by atoms with van der Waals surface area (Å²) in [5, 5.41) is 2.86. The van der Waals surface area contributed by atoms with E-state index in [4.69, 9.17) is 0 Å². The minimum absolute atomic E-state index is 0.00645. The van der Waals surface area contributed by atoms with E-state index in [2.05, 4.69) is 38.7 Å². The van der Waals surface area contributed by atoms with Gasteiger partial charge in [-0.25, -0.2) is 19.7 Å². The van der Waals surface area contributed by atoms with E-state index < -0.39 is 0 Å². The zero-order valence-electron chi connectivity index (χ0n) is 14.4. The van der Waals surface area contributed by atoms with Crippen molar-refractivity contribution >= 4 is 23.0 Å². The number of amides is 2. The van der Waals surface area contributed by atoms with Crippen LogP contribution in [-0.4, -0.2) is 63.2 Å². The van der Waals surface area contributed by atoms with Gasteiger partial charge in [0.15, 0.2) is 17.0 Å². The monoisotopic (exact) mass is 341 g/mol. The van der Waals surface area contributed by atoms with Gasteiger partial charge < -0.3 is 19.7 Å². The summed E-state index contributed by atoms with van der Waals surface area (Å²) in [4.78, 5) is 29.7. The van der Waals surface area contributed by atoms with Crippen LogP contribution < -0.4 is 10.2 Å². The molecule has 25 heavy (non-hydrogen) atoms. The normalized spacial score (nSPS) is 22.4. The third-order valence-corrected chi connectivity index (χ3v) is 5.19. The number of carbonyl (C=O) groups is 1. The van der Waals surface area contributed by atoms with Gasteiger partial charge in [0.2, 0.25) is 0 Å². The van der Waals surface area contributed by atoms with Crippen molar-refractivity contribution in [1.29, 1.82) is 0 Å². The quantitative estimate of drug-likeness (QED) is 0.843. The highest BCUT2D eigenvalue weighted by Crippen LogP contribution is 2.35. The molecule has 2 atom stereocenters. The number of imidazole rings is 1. The highest BCUT2D eigenvalue weighted by Gasteiger charge is 2.42. The molecule has 2 aliphatic heterocycles. The first kappa shape index (κ1) is 15.9. The van der Waals surface area contributed by atoms with Crippen LogP contribution in [0.2, 0.25) is 0 Å². The Bertz CT molecular complexity index is 787. The Morgan fingerprint density at radius 3 is 2.72 bits per heavy atom. The Labute approximate surface area is 146 Å². The van der Waals surface area contributed by atoms with Crippen LogP contribution in [0.15, 0.2) is 25.3 Å². The molecule has 0 spiro atoms. The van der Waals surface area contributed by atoms with Crippen molar-refractivity contribution in [2.45, 2.75) is 13.5 Å². The molecule has 0 radical (unpaired) electrons. The molecule has 0 aliphatic carbocycles. The van der Waals surface area contributed by atoms with Gasteiger partial charge >= 0.3 is 6.03 Å². The number of aryl methyl sites for hydroxylation is 1. The average molecular weight is 341 g/mol. The Kier molecular flexibility index (Phi) is 4.03. The fraction of sp³-hybridized carbons (Fsp3) is 0.529. The molecule has 0 bridgehead atoms. The van der Waals surface area contributed by atoms with Gasteiger partial charge in [0.1, 0.15) is 6.33 Å². The number of nitrogens with one attached hydrogen (secondary N) is 1. The van der Waals surface area contributed by atoms with Gasteiger partial charge in [-0.1, -0.05) is 6.08 Å². The first-order valence-electron chi connectivity index (χ1n) is 8.75. The number of urea groups is 1. The molecule has 4 heterocycles. The summed E-state index contributed by atoms with van der Waals surface area (Å²) in [5.41, 5.74) is 1.75. The first-order valence-corrected chi connectivity index (χ1v) is 8.75. The van der Waals surface area contributed by atoms with Crippen LogP contribution in [0.4, 0.5) is 10.6 Å². The Morgan fingerprint density at radius 2 is 2.04 bits per heavy atom. The molecule has 2 amide bonds. The SMILES string of the molecule is C=CCNC(=O)N1CC2CN(c3ncnc4c3ncn4CC)CC2C1. The Morgan fingerprint density at radius 1 is 1.28 bits per heavy atom. The smallest absolute Gasteiger partial charge is 0.317 e. The summed E-state index contributed by atoms with van der Waals surface area (Å²) in [7, 11) is 0. The summed E-state index contributed by atoms with van der Waals surface area (Å²) >= 11 is 0. The molecular weight excluding hydrogens is 318 g/mol. The second-order valence-electron chi connectivity index (χ2n) is 6.70. The molecule has 2 fully saturated rings. The van der Waals surface area contributed by atoms with Crippen molar-refractivity contribution in [1.82, 2.24) is 29.7 Å². The number of hydrogen-bond donors (Lipinski definition) is 1. The second-order valence-corrected chi connectivity index (χ2v) is 6.70. The fourth-order valence-corrected chi connectivity index (χ4v) is 3.93. The van der Waals surface area contributed by atoms with Gasteiger partial charge in [-0.15, -0.1) is 6.58 Å². The summed E-state index contributed by atoms with van der Waals surface area (Å²) in [6.45, 7) is 10.5. The number of aromatic nitrogens is 4. The zero-order chi connectivity index (χ0) is 17.4. The van der Waals surface area contributed by atoms with E-state index in [1.165, 1.54) is 0 Å². The van der Waals surface area contributed by atoms with E-state index in [1.54, 1.807) is 12.4 Å². The number of carbonyl (C=O) groups excluding carboxylic acids is 1. The lowest BCUT2D eigenvalue weighted by atomic mass is 10.0. The van der Waals surface area contributed by atoms with E-state index in [1.807, 2.05) is 15.8 Å². The zero-order valence-corrected chi connectivity index (χ0v) is 14.4. The van der Waals surface area contributed by atoms with Gasteiger partial charge in [0.05, 0.1) is 6.33 Å². The summed E-state index contributed by atoms with van der Waals surface area (Å²) in [6.07, 6.45) is 5.15. The van der Waals surface area contributed by atoms with Gasteiger partial charge in [-0.05, 0) is 6.92 Å². The predicted molar refractivity (Wildman–Crippen MR) is 95.4 cm³/mol. The minimum atomic E-state index is 0.00645. The van der Waals surface area contributed by atoms with Crippen molar-refractivity contribution in [3.63, 3.8) is 0 Å². The highest BCUT2D eigenvalue weighted by atomic mass is 16.2. The molecule has 2 unspecified atom stereocenters. The van der Waals surface area contributed by atoms with Crippen LogP contribution in [0.5, 0.6) is 0 Å². The molecule has 0 saturated carbocycles. The summed E-state index contributed by atoms with van der Waals surface area (Å²) in [5.74, 6) is 1.87. The molecule has 1 N–H and O–H groups in total. The molecule has 0 aromatic carbocycles. The molecule has 2 aromatic heterocycles. The molecular formula is C17H23N7O. The highest BCUT2D eigenvalue weighted by molar-refractivity contribution is 5.83. The maximum absolute atomic E-state index is 12.1. The van der Waals surface area contributed by atoms with Crippen molar-refractivity contribution in [2.75, 3.05) is 37.6 Å². The van der Waals surface area contributed by atoms with E-state index in [9.17, 15) is 4.79 Å². The van der Waals surface area contributed by atoms with Crippen molar-refractivity contribution in [3.8, 4) is 0 Å². The van der Waals surface area contributed by atoms with E-state index in [0.717, 1.165) is 49.7 Å².